The van der Waals surface area contributed by atoms with Gasteiger partial charge in [0.15, 0.2) is 5.88 Å². The van der Waals surface area contributed by atoms with Gasteiger partial charge in [-0.2, -0.15) is 0 Å². The third-order valence-corrected chi connectivity index (χ3v) is 5.26. The minimum absolute atomic E-state index is 0.0456. The van der Waals surface area contributed by atoms with Gasteiger partial charge in [-0.1, -0.05) is 11.6 Å². The van der Waals surface area contributed by atoms with Crippen LogP contribution in [0.5, 0.6) is 5.88 Å². The SMILES string of the molecule is COC(=O)N1CCC[C@H]1COc1cc2cc(Cl)ccc2n1-c1ccc(F)cc1. The zero-order chi connectivity index (χ0) is 19.7. The van der Waals surface area contributed by atoms with Crippen LogP contribution in [0.3, 0.4) is 0 Å². The van der Waals surface area contributed by atoms with E-state index >= 15 is 0 Å². The third kappa shape index (κ3) is 3.52. The lowest BCUT2D eigenvalue weighted by molar-refractivity contribution is 0.104. The van der Waals surface area contributed by atoms with Crippen LogP contribution < -0.4 is 4.74 Å². The molecule has 146 valence electrons. The van der Waals surface area contributed by atoms with Gasteiger partial charge in [-0.25, -0.2) is 9.18 Å². The Morgan fingerprint density at radius 2 is 2.00 bits per heavy atom. The number of amides is 1. The molecular formula is C21H20ClFN2O3. The predicted molar refractivity (Wildman–Crippen MR) is 106 cm³/mol. The van der Waals surface area contributed by atoms with Crippen molar-refractivity contribution in [2.45, 2.75) is 18.9 Å². The number of hydrogen-bond acceptors (Lipinski definition) is 3. The lowest BCUT2D eigenvalue weighted by Crippen LogP contribution is -2.39. The second-order valence-electron chi connectivity index (χ2n) is 6.77. The Bertz CT molecular complexity index is 1000. The molecule has 1 aliphatic rings. The molecule has 0 unspecified atom stereocenters. The van der Waals surface area contributed by atoms with E-state index in [1.54, 1.807) is 17.0 Å². The molecule has 0 spiro atoms. The van der Waals surface area contributed by atoms with E-state index in [4.69, 9.17) is 21.1 Å². The van der Waals surface area contributed by atoms with Crippen molar-refractivity contribution in [3.63, 3.8) is 0 Å². The van der Waals surface area contributed by atoms with Crippen LogP contribution in [0.4, 0.5) is 9.18 Å². The third-order valence-electron chi connectivity index (χ3n) is 5.02. The predicted octanol–water partition coefficient (Wildman–Crippen LogP) is 5.03. The minimum Gasteiger partial charge on any atom is -0.476 e. The van der Waals surface area contributed by atoms with Gasteiger partial charge < -0.3 is 14.4 Å². The molecule has 7 heteroatoms. The van der Waals surface area contributed by atoms with Gasteiger partial charge in [0.1, 0.15) is 12.4 Å². The van der Waals surface area contributed by atoms with Crippen LogP contribution in [-0.4, -0.2) is 41.9 Å². The summed E-state index contributed by atoms with van der Waals surface area (Å²) in [5, 5.41) is 1.55. The quantitative estimate of drug-likeness (QED) is 0.614. The Kier molecular flexibility index (Phi) is 5.13. The van der Waals surface area contributed by atoms with E-state index in [2.05, 4.69) is 0 Å². The molecule has 1 amide bonds. The zero-order valence-electron chi connectivity index (χ0n) is 15.4. The van der Waals surface area contributed by atoms with Crippen molar-refractivity contribution in [1.82, 2.24) is 9.47 Å². The van der Waals surface area contributed by atoms with Crippen LogP contribution in [0, 0.1) is 5.82 Å². The van der Waals surface area contributed by atoms with Crippen molar-refractivity contribution in [2.75, 3.05) is 20.3 Å². The molecule has 28 heavy (non-hydrogen) atoms. The molecule has 1 fully saturated rings. The van der Waals surface area contributed by atoms with Crippen molar-refractivity contribution < 1.29 is 18.7 Å². The molecule has 4 rings (SSSR count). The molecule has 1 saturated heterocycles. The molecular weight excluding hydrogens is 383 g/mol. The summed E-state index contributed by atoms with van der Waals surface area (Å²) in [5.74, 6) is 0.311. The normalized spacial score (nSPS) is 16.5. The molecule has 2 heterocycles. The monoisotopic (exact) mass is 402 g/mol. The molecule has 0 aliphatic carbocycles. The number of methoxy groups -OCH3 is 1. The van der Waals surface area contributed by atoms with Crippen LogP contribution in [0.25, 0.3) is 16.6 Å². The fraction of sp³-hybridized carbons (Fsp3) is 0.286. The summed E-state index contributed by atoms with van der Waals surface area (Å²) in [6.45, 7) is 1.01. The highest BCUT2D eigenvalue weighted by Gasteiger charge is 2.30. The van der Waals surface area contributed by atoms with E-state index in [1.165, 1.54) is 19.2 Å². The number of likely N-dealkylation sites (tertiary alicyclic amines) is 1. The van der Waals surface area contributed by atoms with Gasteiger partial charge in [0.2, 0.25) is 0 Å². The first-order valence-corrected chi connectivity index (χ1v) is 9.49. The maximum atomic E-state index is 13.4. The number of hydrogen-bond donors (Lipinski definition) is 0. The lowest BCUT2D eigenvalue weighted by Gasteiger charge is -2.23. The fourth-order valence-corrected chi connectivity index (χ4v) is 3.85. The number of benzene rings is 2. The number of carbonyl (C=O) groups is 1. The van der Waals surface area contributed by atoms with Gasteiger partial charge in [-0.3, -0.25) is 4.57 Å². The van der Waals surface area contributed by atoms with E-state index < -0.39 is 0 Å². The summed E-state index contributed by atoms with van der Waals surface area (Å²) in [5.41, 5.74) is 1.69. The van der Waals surface area contributed by atoms with E-state index in [9.17, 15) is 9.18 Å². The summed E-state index contributed by atoms with van der Waals surface area (Å²) >= 11 is 6.14. The first-order valence-electron chi connectivity index (χ1n) is 9.11. The number of halogens is 2. The number of carbonyl (C=O) groups excluding carboxylic acids is 1. The highest BCUT2D eigenvalue weighted by molar-refractivity contribution is 6.31. The Hall–Kier alpha value is -2.73. The Morgan fingerprint density at radius 1 is 1.21 bits per heavy atom. The molecule has 0 radical (unpaired) electrons. The number of ether oxygens (including phenoxy) is 2. The summed E-state index contributed by atoms with van der Waals surface area (Å²) in [6, 6.07) is 13.7. The van der Waals surface area contributed by atoms with Crippen molar-refractivity contribution >= 4 is 28.6 Å². The highest BCUT2D eigenvalue weighted by Crippen LogP contribution is 2.32. The van der Waals surface area contributed by atoms with Crippen molar-refractivity contribution in [2.24, 2.45) is 0 Å². The average molecular weight is 403 g/mol. The van der Waals surface area contributed by atoms with Crippen LogP contribution in [-0.2, 0) is 4.74 Å². The molecule has 5 nitrogen and oxygen atoms in total. The van der Waals surface area contributed by atoms with Gasteiger partial charge in [-0.15, -0.1) is 0 Å². The number of fused-ring (bicyclic) bond motifs is 1. The molecule has 3 aromatic rings. The van der Waals surface area contributed by atoms with Crippen molar-refractivity contribution in [1.29, 1.82) is 0 Å². The first kappa shape index (κ1) is 18.6. The summed E-state index contributed by atoms with van der Waals surface area (Å²) < 4.78 is 26.3. The summed E-state index contributed by atoms with van der Waals surface area (Å²) in [4.78, 5) is 13.6. The Labute approximate surface area is 167 Å². The zero-order valence-corrected chi connectivity index (χ0v) is 16.2. The van der Waals surface area contributed by atoms with Gasteiger partial charge in [0.05, 0.1) is 18.7 Å². The molecule has 2 aromatic carbocycles. The van der Waals surface area contributed by atoms with Crippen molar-refractivity contribution in [3.8, 4) is 11.6 Å². The molecule has 1 atom stereocenters. The smallest absolute Gasteiger partial charge is 0.409 e. The Morgan fingerprint density at radius 3 is 2.75 bits per heavy atom. The maximum Gasteiger partial charge on any atom is 0.409 e. The van der Waals surface area contributed by atoms with Crippen LogP contribution in [0.1, 0.15) is 12.8 Å². The van der Waals surface area contributed by atoms with Crippen LogP contribution in [0.2, 0.25) is 5.02 Å². The molecule has 0 saturated carbocycles. The number of aromatic nitrogens is 1. The minimum atomic E-state index is -0.336. The maximum absolute atomic E-state index is 13.4. The van der Waals surface area contributed by atoms with E-state index in [0.29, 0.717) is 24.1 Å². The Balaban J connectivity index is 1.67. The van der Waals surface area contributed by atoms with Gasteiger partial charge in [-0.05, 0) is 55.3 Å². The van der Waals surface area contributed by atoms with Gasteiger partial charge in [0, 0.05) is 28.7 Å². The molecule has 0 N–H and O–H groups in total. The summed E-state index contributed by atoms with van der Waals surface area (Å²) in [6.07, 6.45) is 1.44. The summed E-state index contributed by atoms with van der Waals surface area (Å²) in [7, 11) is 1.38. The van der Waals surface area contributed by atoms with E-state index in [0.717, 1.165) is 29.4 Å². The largest absolute Gasteiger partial charge is 0.476 e. The van der Waals surface area contributed by atoms with E-state index in [1.807, 2.05) is 28.8 Å². The molecule has 1 aliphatic heterocycles. The first-order chi connectivity index (χ1) is 13.6. The lowest BCUT2D eigenvalue weighted by atomic mass is 10.2. The highest BCUT2D eigenvalue weighted by atomic mass is 35.5. The van der Waals surface area contributed by atoms with Crippen LogP contribution in [0.15, 0.2) is 48.5 Å². The second kappa shape index (κ2) is 7.72. The second-order valence-corrected chi connectivity index (χ2v) is 7.20. The number of nitrogens with zero attached hydrogens (tertiary/aromatic N) is 2. The van der Waals surface area contributed by atoms with Crippen LogP contribution >= 0.6 is 11.6 Å². The standard InChI is InChI=1S/C21H20ClFN2O3/c1-27-21(26)24-10-2-3-18(24)13-28-20-12-14-11-15(22)4-9-19(14)25(20)17-7-5-16(23)6-8-17/h4-9,11-12,18H,2-3,10,13H2,1H3/t18-/m0/s1. The topological polar surface area (TPSA) is 43.7 Å². The molecule has 1 aromatic heterocycles. The van der Waals surface area contributed by atoms with E-state index in [-0.39, 0.29) is 18.0 Å². The molecule has 0 bridgehead atoms. The van der Waals surface area contributed by atoms with Gasteiger partial charge in [0.25, 0.3) is 0 Å². The fourth-order valence-electron chi connectivity index (χ4n) is 3.67. The average Bonchev–Trinajstić information content (AvgIpc) is 3.30. The number of rotatable bonds is 4. The van der Waals surface area contributed by atoms with Gasteiger partial charge >= 0.3 is 6.09 Å². The van der Waals surface area contributed by atoms with Crippen molar-refractivity contribution in [3.05, 3.63) is 59.4 Å².